The summed E-state index contributed by atoms with van der Waals surface area (Å²) in [6, 6.07) is 0. The van der Waals surface area contributed by atoms with Crippen molar-refractivity contribution in [1.29, 1.82) is 0 Å². The molecule has 0 unspecified atom stereocenters. The number of ether oxygens (including phenoxy) is 1. The average molecular weight is 265 g/mol. The molecule has 0 amide bonds. The van der Waals surface area contributed by atoms with E-state index in [1.165, 1.54) is 0 Å². The number of hydrogen-bond donors (Lipinski definition) is 0. The smallest absolute Gasteiger partial charge is 0.214 e. The van der Waals surface area contributed by atoms with E-state index in [-0.39, 0.29) is 5.78 Å². The Kier molecular flexibility index (Phi) is 4.34. The molecule has 1 heterocycles. The van der Waals surface area contributed by atoms with E-state index in [0.717, 1.165) is 38.6 Å². The van der Waals surface area contributed by atoms with Crippen LogP contribution in [0.5, 0.6) is 0 Å². The number of aromatic nitrogens is 3. The number of nitrogens with zero attached hydrogens (tertiary/aromatic N) is 3. The molecule has 0 N–H and O–H groups in total. The second-order valence-corrected chi connectivity index (χ2v) is 5.55. The minimum absolute atomic E-state index is 0.0420. The number of methoxy groups -OCH3 is 1. The molecule has 1 fully saturated rings. The summed E-state index contributed by atoms with van der Waals surface area (Å²) in [5.41, 5.74) is -0.0852. The lowest BCUT2D eigenvalue weighted by Gasteiger charge is -2.36. The van der Waals surface area contributed by atoms with Crippen LogP contribution in [0.3, 0.4) is 0 Å². The molecule has 1 aliphatic rings. The Morgan fingerprint density at radius 3 is 2.79 bits per heavy atom. The van der Waals surface area contributed by atoms with Crippen LogP contribution in [0.2, 0.25) is 0 Å². The van der Waals surface area contributed by atoms with Gasteiger partial charge >= 0.3 is 0 Å². The van der Waals surface area contributed by atoms with E-state index in [2.05, 4.69) is 24.2 Å². The summed E-state index contributed by atoms with van der Waals surface area (Å²) >= 11 is 0. The van der Waals surface area contributed by atoms with Crippen LogP contribution < -0.4 is 0 Å². The molecule has 19 heavy (non-hydrogen) atoms. The van der Waals surface area contributed by atoms with Gasteiger partial charge in [0.1, 0.15) is 11.3 Å². The number of rotatable bonds is 5. The van der Waals surface area contributed by atoms with Crippen molar-refractivity contribution >= 4 is 5.78 Å². The van der Waals surface area contributed by atoms with Crippen LogP contribution in [0.25, 0.3) is 0 Å². The molecule has 1 aromatic heterocycles. The third kappa shape index (κ3) is 2.71. The van der Waals surface area contributed by atoms with Gasteiger partial charge in [-0.05, 0) is 38.0 Å². The zero-order chi connectivity index (χ0) is 13.9. The van der Waals surface area contributed by atoms with Gasteiger partial charge in [-0.1, -0.05) is 19.1 Å². The second kappa shape index (κ2) is 5.82. The minimum Gasteiger partial charge on any atom is -0.370 e. The maximum absolute atomic E-state index is 12.8. The molecule has 1 aliphatic carbocycles. The van der Waals surface area contributed by atoms with Gasteiger partial charge in [-0.2, -0.15) is 0 Å². The maximum Gasteiger partial charge on any atom is 0.214 e. The summed E-state index contributed by atoms with van der Waals surface area (Å²) in [5, 5.41) is 7.87. The fourth-order valence-electron chi connectivity index (χ4n) is 2.80. The molecule has 0 saturated heterocycles. The van der Waals surface area contributed by atoms with Crippen LogP contribution in [0.15, 0.2) is 6.20 Å². The summed E-state index contributed by atoms with van der Waals surface area (Å²) < 4.78 is 7.32. The normalized spacial score (nSPS) is 27.4. The van der Waals surface area contributed by atoms with Crippen molar-refractivity contribution < 1.29 is 9.53 Å². The van der Waals surface area contributed by atoms with E-state index >= 15 is 0 Å². The molecule has 0 bridgehead atoms. The SMILES string of the molecule is CCCn1nncc1C(=O)C1(OC)CCC(C)CC1. The molecular formula is C14H23N3O2. The van der Waals surface area contributed by atoms with Gasteiger partial charge < -0.3 is 4.74 Å². The molecular weight excluding hydrogens is 242 g/mol. The van der Waals surface area contributed by atoms with E-state index in [4.69, 9.17) is 4.74 Å². The van der Waals surface area contributed by atoms with Gasteiger partial charge in [-0.15, -0.1) is 5.10 Å². The number of carbonyl (C=O) groups is 1. The Hall–Kier alpha value is -1.23. The van der Waals surface area contributed by atoms with Crippen LogP contribution in [0.4, 0.5) is 0 Å². The van der Waals surface area contributed by atoms with E-state index < -0.39 is 5.60 Å². The summed E-state index contributed by atoms with van der Waals surface area (Å²) in [7, 11) is 1.64. The van der Waals surface area contributed by atoms with Crippen LogP contribution in [-0.2, 0) is 11.3 Å². The highest BCUT2D eigenvalue weighted by Crippen LogP contribution is 2.36. The Morgan fingerprint density at radius 1 is 1.53 bits per heavy atom. The highest BCUT2D eigenvalue weighted by Gasteiger charge is 2.42. The first kappa shape index (κ1) is 14.2. The van der Waals surface area contributed by atoms with Crippen LogP contribution >= 0.6 is 0 Å². The van der Waals surface area contributed by atoms with Crippen LogP contribution in [-0.4, -0.2) is 33.5 Å². The molecule has 1 saturated carbocycles. The number of Topliss-reactive ketones (excluding diaryl/α,β-unsaturated/α-hetero) is 1. The monoisotopic (exact) mass is 265 g/mol. The highest BCUT2D eigenvalue weighted by molar-refractivity contribution is 6.01. The molecule has 0 radical (unpaired) electrons. The molecule has 5 heteroatoms. The fourth-order valence-corrected chi connectivity index (χ4v) is 2.80. The van der Waals surface area contributed by atoms with Gasteiger partial charge in [0.2, 0.25) is 5.78 Å². The van der Waals surface area contributed by atoms with Gasteiger partial charge in [0.15, 0.2) is 0 Å². The molecule has 0 aromatic carbocycles. The standard InChI is InChI=1S/C14H23N3O2/c1-4-9-17-12(10-15-16-17)13(18)14(19-3)7-5-11(2)6-8-14/h10-11H,4-9H2,1-3H3. The van der Waals surface area contributed by atoms with Crippen LogP contribution in [0.1, 0.15) is 56.4 Å². The van der Waals surface area contributed by atoms with Gasteiger partial charge in [0.25, 0.3) is 0 Å². The average Bonchev–Trinajstić information content (AvgIpc) is 2.88. The van der Waals surface area contributed by atoms with E-state index in [0.29, 0.717) is 11.6 Å². The third-order valence-corrected chi connectivity index (χ3v) is 4.17. The van der Waals surface area contributed by atoms with E-state index in [9.17, 15) is 4.79 Å². The van der Waals surface area contributed by atoms with Crippen molar-refractivity contribution in [2.45, 2.75) is 58.1 Å². The third-order valence-electron chi connectivity index (χ3n) is 4.17. The van der Waals surface area contributed by atoms with Crippen molar-refractivity contribution in [3.63, 3.8) is 0 Å². The van der Waals surface area contributed by atoms with Crippen molar-refractivity contribution in [2.75, 3.05) is 7.11 Å². The number of aryl methyl sites for hydroxylation is 1. The molecule has 2 rings (SSSR count). The largest absolute Gasteiger partial charge is 0.370 e. The molecule has 1 aromatic rings. The zero-order valence-electron chi connectivity index (χ0n) is 12.1. The first-order valence-electron chi connectivity index (χ1n) is 7.11. The molecule has 0 atom stereocenters. The van der Waals surface area contributed by atoms with Gasteiger partial charge in [-0.3, -0.25) is 4.79 Å². The van der Waals surface area contributed by atoms with Gasteiger partial charge in [0, 0.05) is 13.7 Å². The fraction of sp³-hybridized carbons (Fsp3) is 0.786. The first-order chi connectivity index (χ1) is 9.13. The molecule has 5 nitrogen and oxygen atoms in total. The first-order valence-corrected chi connectivity index (χ1v) is 7.11. The minimum atomic E-state index is -0.667. The molecule has 106 valence electrons. The Balaban J connectivity index is 2.23. The van der Waals surface area contributed by atoms with Crippen molar-refractivity contribution in [3.8, 4) is 0 Å². The lowest BCUT2D eigenvalue weighted by Crippen LogP contribution is -2.44. The Morgan fingerprint density at radius 2 is 2.21 bits per heavy atom. The molecule has 0 aliphatic heterocycles. The van der Waals surface area contributed by atoms with Gasteiger partial charge in [0.05, 0.1) is 6.20 Å². The van der Waals surface area contributed by atoms with Gasteiger partial charge in [-0.25, -0.2) is 4.68 Å². The summed E-state index contributed by atoms with van der Waals surface area (Å²) in [4.78, 5) is 12.8. The lowest BCUT2D eigenvalue weighted by molar-refractivity contribution is -0.0270. The van der Waals surface area contributed by atoms with E-state index in [1.807, 2.05) is 0 Å². The zero-order valence-corrected chi connectivity index (χ0v) is 12.1. The quantitative estimate of drug-likeness (QED) is 0.767. The highest BCUT2D eigenvalue weighted by atomic mass is 16.5. The molecule has 0 spiro atoms. The van der Waals surface area contributed by atoms with Crippen LogP contribution in [0, 0.1) is 5.92 Å². The Bertz CT molecular complexity index is 434. The number of hydrogen-bond acceptors (Lipinski definition) is 4. The predicted octanol–water partition coefficient (Wildman–Crippen LogP) is 2.47. The predicted molar refractivity (Wildman–Crippen MR) is 72.0 cm³/mol. The number of carbonyl (C=O) groups excluding carboxylic acids is 1. The summed E-state index contributed by atoms with van der Waals surface area (Å²) in [6.45, 7) is 5.01. The summed E-state index contributed by atoms with van der Waals surface area (Å²) in [6.07, 6.45) is 6.16. The lowest BCUT2D eigenvalue weighted by atomic mass is 9.76. The topological polar surface area (TPSA) is 57.0 Å². The number of ketones is 1. The maximum atomic E-state index is 12.8. The summed E-state index contributed by atoms with van der Waals surface area (Å²) in [5.74, 6) is 0.718. The van der Waals surface area contributed by atoms with E-state index in [1.54, 1.807) is 18.0 Å². The second-order valence-electron chi connectivity index (χ2n) is 5.55. The van der Waals surface area contributed by atoms with Crippen molar-refractivity contribution in [2.24, 2.45) is 5.92 Å². The van der Waals surface area contributed by atoms with Crippen molar-refractivity contribution in [3.05, 3.63) is 11.9 Å². The van der Waals surface area contributed by atoms with Crippen molar-refractivity contribution in [1.82, 2.24) is 15.0 Å². The Labute approximate surface area is 114 Å².